The van der Waals surface area contributed by atoms with Gasteiger partial charge in [0.05, 0.1) is 0 Å². The van der Waals surface area contributed by atoms with Crippen molar-refractivity contribution in [2.45, 2.75) is 19.8 Å². The number of thiocarbonyl (C=S) groups is 2. The van der Waals surface area contributed by atoms with Crippen molar-refractivity contribution in [3.8, 4) is 0 Å². The fraction of sp³-hybridized carbons (Fsp3) is 0.667. The molecule has 0 aliphatic heterocycles. The van der Waals surface area contributed by atoms with Crippen LogP contribution in [-0.4, -0.2) is 16.8 Å². The fourth-order valence-corrected chi connectivity index (χ4v) is 0.913. The molecular formula is C6H13N3S2. The Hall–Kier alpha value is -0.420. The Bertz CT molecular complexity index is 147. The molecule has 0 spiro atoms. The van der Waals surface area contributed by atoms with Crippen molar-refractivity contribution >= 4 is 34.7 Å². The van der Waals surface area contributed by atoms with E-state index in [9.17, 15) is 0 Å². The summed E-state index contributed by atoms with van der Waals surface area (Å²) in [7, 11) is 0. The number of hydrogen-bond donors (Lipinski definition) is 3. The summed E-state index contributed by atoms with van der Waals surface area (Å²) in [5.74, 6) is 0. The first kappa shape index (κ1) is 10.6. The van der Waals surface area contributed by atoms with Crippen LogP contribution in [0.15, 0.2) is 0 Å². The van der Waals surface area contributed by atoms with Crippen LogP contribution in [0.2, 0.25) is 0 Å². The zero-order valence-electron chi connectivity index (χ0n) is 6.52. The van der Waals surface area contributed by atoms with Gasteiger partial charge in [0, 0.05) is 6.54 Å². The molecule has 4 N–H and O–H groups in total. The van der Waals surface area contributed by atoms with Gasteiger partial charge in [0.15, 0.2) is 10.2 Å². The fourth-order valence-electron chi connectivity index (χ4n) is 0.535. The second-order valence-corrected chi connectivity index (χ2v) is 2.95. The summed E-state index contributed by atoms with van der Waals surface area (Å²) < 4.78 is 0. The lowest BCUT2D eigenvalue weighted by molar-refractivity contribution is 0.753. The van der Waals surface area contributed by atoms with E-state index in [1.165, 1.54) is 0 Å². The van der Waals surface area contributed by atoms with Crippen LogP contribution in [0, 0.1) is 0 Å². The lowest BCUT2D eigenvalue weighted by atomic mass is 10.3. The highest BCUT2D eigenvalue weighted by atomic mass is 32.1. The number of unbranched alkanes of at least 4 members (excludes halogenated alkanes) is 1. The van der Waals surface area contributed by atoms with Crippen LogP contribution < -0.4 is 16.4 Å². The van der Waals surface area contributed by atoms with Crippen LogP contribution in [0.25, 0.3) is 0 Å². The first-order valence-corrected chi connectivity index (χ1v) is 4.32. The van der Waals surface area contributed by atoms with E-state index < -0.39 is 0 Å². The molecule has 0 atom stereocenters. The van der Waals surface area contributed by atoms with E-state index in [0.717, 1.165) is 19.4 Å². The molecule has 0 aliphatic rings. The normalized spacial score (nSPS) is 8.82. The van der Waals surface area contributed by atoms with Gasteiger partial charge in [-0.15, -0.1) is 0 Å². The van der Waals surface area contributed by atoms with Gasteiger partial charge >= 0.3 is 0 Å². The molecule has 0 heterocycles. The zero-order chi connectivity index (χ0) is 8.69. The van der Waals surface area contributed by atoms with Crippen LogP contribution in [0.5, 0.6) is 0 Å². The van der Waals surface area contributed by atoms with Crippen LogP contribution in [0.3, 0.4) is 0 Å². The van der Waals surface area contributed by atoms with Gasteiger partial charge in [-0.2, -0.15) is 0 Å². The molecule has 5 heteroatoms. The average Bonchev–Trinajstić information content (AvgIpc) is 1.86. The Morgan fingerprint density at radius 2 is 2.09 bits per heavy atom. The van der Waals surface area contributed by atoms with Gasteiger partial charge in [0.25, 0.3) is 0 Å². The second kappa shape index (κ2) is 6.30. The minimum absolute atomic E-state index is 0.207. The maximum absolute atomic E-state index is 5.19. The minimum Gasteiger partial charge on any atom is -0.376 e. The van der Waals surface area contributed by atoms with Crippen LogP contribution in [0.4, 0.5) is 0 Å². The van der Waals surface area contributed by atoms with Crippen LogP contribution >= 0.6 is 24.4 Å². The van der Waals surface area contributed by atoms with Crippen LogP contribution in [-0.2, 0) is 0 Å². The summed E-state index contributed by atoms with van der Waals surface area (Å²) in [6.45, 7) is 2.98. The summed E-state index contributed by atoms with van der Waals surface area (Å²) in [5.41, 5.74) is 5.19. The van der Waals surface area contributed by atoms with E-state index in [-0.39, 0.29) is 5.11 Å². The van der Waals surface area contributed by atoms with Crippen molar-refractivity contribution in [3.63, 3.8) is 0 Å². The number of nitrogens with one attached hydrogen (secondary N) is 2. The third kappa shape index (κ3) is 7.48. The van der Waals surface area contributed by atoms with E-state index in [4.69, 9.17) is 18.0 Å². The maximum Gasteiger partial charge on any atom is 0.172 e. The largest absolute Gasteiger partial charge is 0.376 e. The Balaban J connectivity index is 3.30. The number of nitrogens with two attached hydrogens (primary N) is 1. The molecule has 0 saturated carbocycles. The molecule has 3 nitrogen and oxygen atoms in total. The van der Waals surface area contributed by atoms with Crippen molar-refractivity contribution in [1.29, 1.82) is 0 Å². The number of rotatable bonds is 3. The van der Waals surface area contributed by atoms with Gasteiger partial charge in [0.1, 0.15) is 0 Å². The predicted octanol–water partition coefficient (Wildman–Crippen LogP) is 0.494. The Kier molecular flexibility index (Phi) is 6.06. The first-order chi connectivity index (χ1) is 5.16. The van der Waals surface area contributed by atoms with Gasteiger partial charge in [0.2, 0.25) is 0 Å². The molecule has 64 valence electrons. The minimum atomic E-state index is 0.207. The Morgan fingerprint density at radius 3 is 2.55 bits per heavy atom. The van der Waals surface area contributed by atoms with E-state index in [1.807, 2.05) is 0 Å². The van der Waals surface area contributed by atoms with Crippen LogP contribution in [0.1, 0.15) is 19.8 Å². The molecule has 0 amide bonds. The molecule has 0 rings (SSSR count). The predicted molar refractivity (Wildman–Crippen MR) is 55.4 cm³/mol. The van der Waals surface area contributed by atoms with E-state index in [1.54, 1.807) is 0 Å². The molecular weight excluding hydrogens is 178 g/mol. The lowest BCUT2D eigenvalue weighted by Crippen LogP contribution is -2.42. The molecule has 0 aromatic rings. The summed E-state index contributed by atoms with van der Waals surface area (Å²) in [4.78, 5) is 0. The standard InChI is InChI=1S/C6H13N3S2/c1-2-3-4-8-6(11)9-5(7)10/h2-4H2,1H3,(H4,7,8,9,10,11). The topological polar surface area (TPSA) is 50.1 Å². The summed E-state index contributed by atoms with van der Waals surface area (Å²) in [6.07, 6.45) is 2.24. The summed E-state index contributed by atoms with van der Waals surface area (Å²) >= 11 is 9.44. The highest BCUT2D eigenvalue weighted by Crippen LogP contribution is 1.81. The monoisotopic (exact) mass is 191 g/mol. The smallest absolute Gasteiger partial charge is 0.172 e. The third-order valence-electron chi connectivity index (χ3n) is 1.05. The lowest BCUT2D eigenvalue weighted by Gasteiger charge is -2.07. The average molecular weight is 191 g/mol. The zero-order valence-corrected chi connectivity index (χ0v) is 8.15. The SMILES string of the molecule is CCCCNC(=S)NC(N)=S. The molecule has 0 bridgehead atoms. The van der Waals surface area contributed by atoms with Crippen molar-refractivity contribution < 1.29 is 0 Å². The highest BCUT2D eigenvalue weighted by Gasteiger charge is 1.93. The Morgan fingerprint density at radius 1 is 1.45 bits per heavy atom. The van der Waals surface area contributed by atoms with E-state index in [0.29, 0.717) is 5.11 Å². The second-order valence-electron chi connectivity index (χ2n) is 2.10. The summed E-state index contributed by atoms with van der Waals surface area (Å²) in [6, 6.07) is 0. The van der Waals surface area contributed by atoms with Gasteiger partial charge in [-0.3, -0.25) is 0 Å². The van der Waals surface area contributed by atoms with Crippen molar-refractivity contribution in [2.75, 3.05) is 6.54 Å². The number of hydrogen-bond acceptors (Lipinski definition) is 2. The molecule has 0 aromatic heterocycles. The van der Waals surface area contributed by atoms with Crippen molar-refractivity contribution in [3.05, 3.63) is 0 Å². The summed E-state index contributed by atoms with van der Waals surface area (Å²) in [5, 5.41) is 6.31. The molecule has 0 aliphatic carbocycles. The molecule has 0 unspecified atom stereocenters. The molecule has 0 saturated heterocycles. The quantitative estimate of drug-likeness (QED) is 0.448. The Labute approximate surface area is 77.7 Å². The van der Waals surface area contributed by atoms with Gasteiger partial charge in [-0.25, -0.2) is 0 Å². The third-order valence-corrected chi connectivity index (χ3v) is 1.40. The van der Waals surface area contributed by atoms with Crippen molar-refractivity contribution in [1.82, 2.24) is 10.6 Å². The van der Waals surface area contributed by atoms with E-state index in [2.05, 4.69) is 29.8 Å². The molecule has 11 heavy (non-hydrogen) atoms. The molecule has 0 aromatic carbocycles. The van der Waals surface area contributed by atoms with Gasteiger partial charge < -0.3 is 16.4 Å². The first-order valence-electron chi connectivity index (χ1n) is 3.51. The molecule has 0 radical (unpaired) electrons. The maximum atomic E-state index is 5.19. The molecule has 0 fully saturated rings. The highest BCUT2D eigenvalue weighted by molar-refractivity contribution is 7.81. The van der Waals surface area contributed by atoms with Crippen molar-refractivity contribution in [2.24, 2.45) is 5.73 Å². The van der Waals surface area contributed by atoms with Gasteiger partial charge in [-0.1, -0.05) is 13.3 Å². The van der Waals surface area contributed by atoms with E-state index >= 15 is 0 Å². The van der Waals surface area contributed by atoms with Gasteiger partial charge in [-0.05, 0) is 30.9 Å².